The van der Waals surface area contributed by atoms with Gasteiger partial charge in [-0.1, -0.05) is 19.9 Å². The van der Waals surface area contributed by atoms with Crippen LogP contribution in [0, 0.1) is 5.82 Å². The summed E-state index contributed by atoms with van der Waals surface area (Å²) in [5, 5.41) is 2.24. The predicted molar refractivity (Wildman–Crippen MR) is 74.5 cm³/mol. The minimum atomic E-state index is -4.48. The van der Waals surface area contributed by atoms with Crippen LogP contribution in [0.25, 0.3) is 10.4 Å². The third-order valence-electron chi connectivity index (χ3n) is 2.79. The van der Waals surface area contributed by atoms with Crippen LogP contribution < -0.4 is 5.32 Å². The summed E-state index contributed by atoms with van der Waals surface area (Å²) >= 11 is 0.519. The molecule has 0 unspecified atom stereocenters. The standard InChI is InChI=1S/C14H14F4N2S/c1-8(2)19-6-9-3-4-10(15)5-11(9)12-7-20-13(21-12)14(16,17)18/h3-5,7-8,19H,6H2,1-2H3. The highest BCUT2D eigenvalue weighted by atomic mass is 32.1. The van der Waals surface area contributed by atoms with Gasteiger partial charge >= 0.3 is 6.18 Å². The number of nitrogens with one attached hydrogen (secondary N) is 1. The lowest BCUT2D eigenvalue weighted by Crippen LogP contribution is -2.22. The van der Waals surface area contributed by atoms with Gasteiger partial charge < -0.3 is 5.32 Å². The van der Waals surface area contributed by atoms with Crippen LogP contribution in [-0.2, 0) is 12.7 Å². The van der Waals surface area contributed by atoms with Gasteiger partial charge in [-0.05, 0) is 17.7 Å². The molecular formula is C14H14F4N2S. The van der Waals surface area contributed by atoms with E-state index in [2.05, 4.69) is 10.3 Å². The summed E-state index contributed by atoms with van der Waals surface area (Å²) < 4.78 is 51.3. The SMILES string of the molecule is CC(C)NCc1ccc(F)cc1-c1cnc(C(F)(F)F)s1. The summed E-state index contributed by atoms with van der Waals surface area (Å²) in [4.78, 5) is 3.69. The number of alkyl halides is 3. The number of hydrogen-bond donors (Lipinski definition) is 1. The Bertz CT molecular complexity index is 620. The first-order valence-corrected chi connectivity index (χ1v) is 7.14. The average Bonchev–Trinajstić information content (AvgIpc) is 2.86. The molecule has 1 heterocycles. The van der Waals surface area contributed by atoms with Gasteiger partial charge in [-0.25, -0.2) is 9.37 Å². The van der Waals surface area contributed by atoms with Crippen LogP contribution in [0.4, 0.5) is 17.6 Å². The van der Waals surface area contributed by atoms with Crippen LogP contribution in [0.15, 0.2) is 24.4 Å². The first kappa shape index (κ1) is 15.9. The topological polar surface area (TPSA) is 24.9 Å². The van der Waals surface area contributed by atoms with Gasteiger partial charge in [-0.3, -0.25) is 0 Å². The summed E-state index contributed by atoms with van der Waals surface area (Å²) in [6, 6.07) is 4.33. The Balaban J connectivity index is 2.37. The predicted octanol–water partition coefficient (Wildman–Crippen LogP) is 4.47. The molecule has 2 rings (SSSR count). The van der Waals surface area contributed by atoms with E-state index in [9.17, 15) is 17.6 Å². The second-order valence-electron chi connectivity index (χ2n) is 4.86. The summed E-state index contributed by atoms with van der Waals surface area (Å²) in [6.45, 7) is 4.36. The van der Waals surface area contributed by atoms with Crippen molar-refractivity contribution in [2.45, 2.75) is 32.6 Å². The van der Waals surface area contributed by atoms with Gasteiger partial charge in [0.25, 0.3) is 0 Å². The van der Waals surface area contributed by atoms with E-state index in [-0.39, 0.29) is 6.04 Å². The van der Waals surface area contributed by atoms with E-state index in [0.29, 0.717) is 28.3 Å². The molecule has 114 valence electrons. The summed E-state index contributed by atoms with van der Waals surface area (Å²) in [7, 11) is 0. The molecule has 0 fully saturated rings. The fourth-order valence-electron chi connectivity index (χ4n) is 1.78. The van der Waals surface area contributed by atoms with E-state index in [0.717, 1.165) is 11.8 Å². The van der Waals surface area contributed by atoms with E-state index >= 15 is 0 Å². The molecule has 0 atom stereocenters. The highest BCUT2D eigenvalue weighted by Gasteiger charge is 2.34. The molecule has 0 radical (unpaired) electrons. The number of halogens is 4. The number of aromatic nitrogens is 1. The quantitative estimate of drug-likeness (QED) is 0.842. The molecule has 0 saturated heterocycles. The number of thiazole rings is 1. The lowest BCUT2D eigenvalue weighted by Gasteiger charge is -2.11. The van der Waals surface area contributed by atoms with Crippen molar-refractivity contribution in [2.75, 3.05) is 0 Å². The molecule has 0 amide bonds. The number of rotatable bonds is 4. The van der Waals surface area contributed by atoms with Crippen molar-refractivity contribution in [2.24, 2.45) is 0 Å². The first-order chi connectivity index (χ1) is 9.77. The van der Waals surface area contributed by atoms with Gasteiger partial charge in [0, 0.05) is 24.3 Å². The van der Waals surface area contributed by atoms with Gasteiger partial charge in [-0.2, -0.15) is 13.2 Å². The Morgan fingerprint density at radius 2 is 2.00 bits per heavy atom. The fraction of sp³-hybridized carbons (Fsp3) is 0.357. The molecule has 1 aromatic heterocycles. The highest BCUT2D eigenvalue weighted by molar-refractivity contribution is 7.15. The van der Waals surface area contributed by atoms with Crippen molar-refractivity contribution in [1.29, 1.82) is 0 Å². The zero-order valence-electron chi connectivity index (χ0n) is 11.5. The smallest absolute Gasteiger partial charge is 0.310 e. The molecule has 0 aliphatic carbocycles. The molecule has 0 saturated carbocycles. The first-order valence-electron chi connectivity index (χ1n) is 6.32. The molecule has 2 nitrogen and oxygen atoms in total. The lowest BCUT2D eigenvalue weighted by atomic mass is 10.1. The van der Waals surface area contributed by atoms with E-state index in [1.54, 1.807) is 6.07 Å². The van der Waals surface area contributed by atoms with Crippen molar-refractivity contribution in [1.82, 2.24) is 10.3 Å². The largest absolute Gasteiger partial charge is 0.443 e. The molecular weight excluding hydrogens is 304 g/mol. The molecule has 0 bridgehead atoms. The normalized spacial score (nSPS) is 12.1. The maximum Gasteiger partial charge on any atom is 0.443 e. The number of nitrogens with zero attached hydrogens (tertiary/aromatic N) is 1. The Labute approximate surface area is 123 Å². The third-order valence-corrected chi connectivity index (χ3v) is 3.86. The minimum absolute atomic E-state index is 0.218. The lowest BCUT2D eigenvalue weighted by molar-refractivity contribution is -0.137. The van der Waals surface area contributed by atoms with Crippen molar-refractivity contribution in [3.8, 4) is 10.4 Å². The van der Waals surface area contributed by atoms with Crippen molar-refractivity contribution in [3.05, 3.63) is 40.8 Å². The van der Waals surface area contributed by atoms with Crippen molar-refractivity contribution in [3.63, 3.8) is 0 Å². The molecule has 0 aliphatic rings. The summed E-state index contributed by atoms with van der Waals surface area (Å²) in [5.74, 6) is -0.486. The van der Waals surface area contributed by atoms with Crippen molar-refractivity contribution >= 4 is 11.3 Å². The summed E-state index contributed by atoms with van der Waals surface area (Å²) in [6.07, 6.45) is -3.34. The number of benzene rings is 1. The van der Waals surface area contributed by atoms with Gasteiger partial charge in [0.1, 0.15) is 5.82 Å². The van der Waals surface area contributed by atoms with Crippen molar-refractivity contribution < 1.29 is 17.6 Å². The van der Waals surface area contributed by atoms with Gasteiger partial charge in [0.2, 0.25) is 0 Å². The van der Waals surface area contributed by atoms with E-state index in [1.165, 1.54) is 12.1 Å². The summed E-state index contributed by atoms with van der Waals surface area (Å²) in [5.41, 5.74) is 1.18. The molecule has 1 aromatic carbocycles. The van der Waals surface area contributed by atoms with Gasteiger partial charge in [0.05, 0.1) is 4.88 Å². The maximum absolute atomic E-state index is 13.4. The maximum atomic E-state index is 13.4. The molecule has 0 aliphatic heterocycles. The van der Waals surface area contributed by atoms with E-state index < -0.39 is 17.0 Å². The molecule has 21 heavy (non-hydrogen) atoms. The highest BCUT2D eigenvalue weighted by Crippen LogP contribution is 2.37. The van der Waals surface area contributed by atoms with Crippen LogP contribution in [0.1, 0.15) is 24.4 Å². The monoisotopic (exact) mass is 318 g/mol. The van der Waals surface area contributed by atoms with Crippen LogP contribution in [0.5, 0.6) is 0 Å². The third kappa shape index (κ3) is 4.01. The van der Waals surface area contributed by atoms with Crippen LogP contribution in [0.2, 0.25) is 0 Å². The van der Waals surface area contributed by atoms with Crippen LogP contribution in [-0.4, -0.2) is 11.0 Å². The Hall–Kier alpha value is -1.47. The average molecular weight is 318 g/mol. The molecule has 2 aromatic rings. The van der Waals surface area contributed by atoms with E-state index in [4.69, 9.17) is 0 Å². The zero-order valence-corrected chi connectivity index (χ0v) is 12.3. The Kier molecular flexibility index (Phi) is 4.63. The number of hydrogen-bond acceptors (Lipinski definition) is 3. The zero-order chi connectivity index (χ0) is 15.6. The fourth-order valence-corrected chi connectivity index (χ4v) is 2.61. The molecule has 0 spiro atoms. The second-order valence-corrected chi connectivity index (χ2v) is 5.90. The Morgan fingerprint density at radius 3 is 2.57 bits per heavy atom. The molecule has 7 heteroatoms. The Morgan fingerprint density at radius 1 is 1.29 bits per heavy atom. The van der Waals surface area contributed by atoms with E-state index in [1.807, 2.05) is 13.8 Å². The van der Waals surface area contributed by atoms with Gasteiger partial charge in [0.15, 0.2) is 5.01 Å². The van der Waals surface area contributed by atoms with Crippen LogP contribution in [0.3, 0.4) is 0 Å². The van der Waals surface area contributed by atoms with Gasteiger partial charge in [-0.15, -0.1) is 11.3 Å². The molecule has 1 N–H and O–H groups in total. The second kappa shape index (κ2) is 6.11. The minimum Gasteiger partial charge on any atom is -0.310 e. The van der Waals surface area contributed by atoms with Crippen LogP contribution >= 0.6 is 11.3 Å².